The highest BCUT2D eigenvalue weighted by atomic mass is 15.1. The van der Waals surface area contributed by atoms with Crippen molar-refractivity contribution in [2.24, 2.45) is 0 Å². The molecule has 0 N–H and O–H groups in total. The number of aromatic nitrogens is 1. The van der Waals surface area contributed by atoms with Crippen LogP contribution in [0.15, 0.2) is 30.5 Å². The van der Waals surface area contributed by atoms with Crippen molar-refractivity contribution in [3.8, 4) is 0 Å². The van der Waals surface area contributed by atoms with E-state index >= 15 is 0 Å². The number of aryl methyl sites for hydroxylation is 1. The summed E-state index contributed by atoms with van der Waals surface area (Å²) in [5.74, 6) is 0. The summed E-state index contributed by atoms with van der Waals surface area (Å²) < 4.78 is 2.53. The summed E-state index contributed by atoms with van der Waals surface area (Å²) in [5, 5.41) is 1.40. The summed E-state index contributed by atoms with van der Waals surface area (Å²) in [7, 11) is 0. The van der Waals surface area contributed by atoms with Crippen LogP contribution < -0.4 is 0 Å². The highest BCUT2D eigenvalue weighted by molar-refractivity contribution is 5.91. The molecule has 2 nitrogen and oxygen atoms in total. The highest BCUT2D eigenvalue weighted by Gasteiger charge is 2.18. The average Bonchev–Trinajstić information content (AvgIpc) is 2.78. The topological polar surface area (TPSA) is 8.17 Å². The van der Waals surface area contributed by atoms with Gasteiger partial charge in [0.05, 0.1) is 6.54 Å². The van der Waals surface area contributed by atoms with Gasteiger partial charge in [-0.1, -0.05) is 31.5 Å². The quantitative estimate of drug-likeness (QED) is 0.792. The number of unbranched alkanes of at least 4 members (excludes halogenated alkanes) is 1. The van der Waals surface area contributed by atoms with Gasteiger partial charge in [0.2, 0.25) is 0 Å². The van der Waals surface area contributed by atoms with E-state index in [1.807, 2.05) is 0 Å². The first-order chi connectivity index (χ1) is 9.35. The molecule has 1 aliphatic rings. The average molecular weight is 254 g/mol. The first-order valence-electron chi connectivity index (χ1n) is 7.37. The van der Waals surface area contributed by atoms with Crippen LogP contribution in [0.3, 0.4) is 0 Å². The van der Waals surface area contributed by atoms with Crippen LogP contribution in [0.4, 0.5) is 0 Å². The van der Waals surface area contributed by atoms with Gasteiger partial charge in [-0.05, 0) is 25.5 Å². The Morgan fingerprint density at radius 2 is 2.00 bits per heavy atom. The third-order valence-corrected chi connectivity index (χ3v) is 4.07. The number of benzene rings is 1. The molecular formula is C17H22N2. The number of hydrogen-bond acceptors (Lipinski definition) is 1. The van der Waals surface area contributed by atoms with Crippen LogP contribution in [0.1, 0.15) is 37.9 Å². The van der Waals surface area contributed by atoms with Crippen molar-refractivity contribution in [2.75, 3.05) is 6.54 Å². The molecule has 2 heteroatoms. The largest absolute Gasteiger partial charge is 0.372 e. The highest BCUT2D eigenvalue weighted by Crippen LogP contribution is 2.31. The number of para-hydroxylation sites is 1. The van der Waals surface area contributed by atoms with Gasteiger partial charge >= 0.3 is 0 Å². The van der Waals surface area contributed by atoms with Gasteiger partial charge in [0.25, 0.3) is 0 Å². The second kappa shape index (κ2) is 5.12. The summed E-state index contributed by atoms with van der Waals surface area (Å²) in [4.78, 5) is 2.38. The normalized spacial score (nSPS) is 14.1. The lowest BCUT2D eigenvalue weighted by Crippen LogP contribution is -2.21. The van der Waals surface area contributed by atoms with Crippen LogP contribution in [0, 0.1) is 0 Å². The van der Waals surface area contributed by atoms with E-state index in [1.54, 1.807) is 0 Å². The molecule has 2 heterocycles. The molecule has 0 radical (unpaired) electrons. The summed E-state index contributed by atoms with van der Waals surface area (Å²) in [6.45, 7) is 7.73. The van der Waals surface area contributed by atoms with Gasteiger partial charge in [-0.2, -0.15) is 0 Å². The lowest BCUT2D eigenvalue weighted by atomic mass is 10.1. The van der Waals surface area contributed by atoms with Crippen molar-refractivity contribution in [3.63, 3.8) is 0 Å². The summed E-state index contributed by atoms with van der Waals surface area (Å²) in [6.07, 6.45) is 7.02. The molecule has 0 atom stereocenters. The maximum atomic E-state index is 2.53. The van der Waals surface area contributed by atoms with Gasteiger partial charge in [-0.15, -0.1) is 0 Å². The second-order valence-corrected chi connectivity index (χ2v) is 5.26. The molecule has 0 aliphatic carbocycles. The molecule has 0 amide bonds. The third kappa shape index (κ3) is 2.05. The smallest absolute Gasteiger partial charge is 0.0582 e. The first-order valence-corrected chi connectivity index (χ1v) is 7.37. The minimum atomic E-state index is 1.04. The van der Waals surface area contributed by atoms with E-state index in [0.29, 0.717) is 0 Å². The summed E-state index contributed by atoms with van der Waals surface area (Å²) in [5.41, 5.74) is 4.30. The molecule has 2 aromatic rings. The van der Waals surface area contributed by atoms with Crippen molar-refractivity contribution >= 4 is 17.0 Å². The fourth-order valence-corrected chi connectivity index (χ4v) is 2.95. The van der Waals surface area contributed by atoms with Crippen molar-refractivity contribution < 1.29 is 0 Å². The van der Waals surface area contributed by atoms with Crippen LogP contribution in [-0.4, -0.2) is 16.0 Å². The lowest BCUT2D eigenvalue weighted by Gasteiger charge is -2.24. The Balaban J connectivity index is 2.14. The SMILES string of the molecule is CCCCn1c2c(c3ccccc31)C=CN(CC)C2. The maximum absolute atomic E-state index is 2.53. The van der Waals surface area contributed by atoms with Crippen molar-refractivity contribution in [1.82, 2.24) is 9.47 Å². The van der Waals surface area contributed by atoms with Gasteiger partial charge in [0.15, 0.2) is 0 Å². The Labute approximate surface area is 115 Å². The molecular weight excluding hydrogens is 232 g/mol. The van der Waals surface area contributed by atoms with Crippen molar-refractivity contribution in [2.45, 2.75) is 39.8 Å². The van der Waals surface area contributed by atoms with Crippen LogP contribution in [0.2, 0.25) is 0 Å². The van der Waals surface area contributed by atoms with E-state index in [2.05, 4.69) is 59.9 Å². The third-order valence-electron chi connectivity index (χ3n) is 4.07. The number of fused-ring (bicyclic) bond motifs is 3. The molecule has 0 saturated carbocycles. The first kappa shape index (κ1) is 12.3. The molecule has 0 spiro atoms. The Morgan fingerprint density at radius 3 is 2.79 bits per heavy atom. The zero-order valence-electron chi connectivity index (χ0n) is 11.9. The van der Waals surface area contributed by atoms with E-state index in [4.69, 9.17) is 0 Å². The lowest BCUT2D eigenvalue weighted by molar-refractivity contribution is 0.373. The standard InChI is InChI=1S/C17H22N2/c1-3-5-11-19-16-9-7-6-8-14(16)15-10-12-18(4-2)13-17(15)19/h6-10,12H,3-5,11,13H2,1-2H3. The van der Waals surface area contributed by atoms with E-state index in [0.717, 1.165) is 19.6 Å². The van der Waals surface area contributed by atoms with Crippen LogP contribution >= 0.6 is 0 Å². The fourth-order valence-electron chi connectivity index (χ4n) is 2.95. The Bertz CT molecular complexity index is 607. The van der Waals surface area contributed by atoms with E-state index in [-0.39, 0.29) is 0 Å². The fraction of sp³-hybridized carbons (Fsp3) is 0.412. The molecule has 0 bridgehead atoms. The molecule has 0 saturated heterocycles. The van der Waals surface area contributed by atoms with Gasteiger partial charge in [0.1, 0.15) is 0 Å². The van der Waals surface area contributed by atoms with E-state index in [9.17, 15) is 0 Å². The predicted molar refractivity (Wildman–Crippen MR) is 82.0 cm³/mol. The molecule has 3 rings (SSSR count). The van der Waals surface area contributed by atoms with Crippen LogP contribution in [0.25, 0.3) is 17.0 Å². The second-order valence-electron chi connectivity index (χ2n) is 5.26. The summed E-state index contributed by atoms with van der Waals surface area (Å²) >= 11 is 0. The Morgan fingerprint density at radius 1 is 1.16 bits per heavy atom. The maximum Gasteiger partial charge on any atom is 0.0582 e. The number of nitrogens with zero attached hydrogens (tertiary/aromatic N) is 2. The van der Waals surface area contributed by atoms with Gasteiger partial charge in [0, 0.05) is 41.4 Å². The molecule has 100 valence electrons. The van der Waals surface area contributed by atoms with Crippen molar-refractivity contribution in [3.05, 3.63) is 41.7 Å². The van der Waals surface area contributed by atoms with E-state index < -0.39 is 0 Å². The van der Waals surface area contributed by atoms with Crippen molar-refractivity contribution in [1.29, 1.82) is 0 Å². The minimum Gasteiger partial charge on any atom is -0.372 e. The Kier molecular flexibility index (Phi) is 3.33. The minimum absolute atomic E-state index is 1.04. The molecule has 0 fully saturated rings. The van der Waals surface area contributed by atoms with E-state index in [1.165, 1.54) is 35.0 Å². The van der Waals surface area contributed by atoms with Crippen LogP contribution in [0.5, 0.6) is 0 Å². The van der Waals surface area contributed by atoms with Gasteiger partial charge in [-0.25, -0.2) is 0 Å². The predicted octanol–water partition coefficient (Wildman–Crippen LogP) is 4.25. The summed E-state index contributed by atoms with van der Waals surface area (Å²) in [6, 6.07) is 8.81. The molecule has 1 aromatic heterocycles. The number of rotatable bonds is 4. The molecule has 0 unspecified atom stereocenters. The van der Waals surface area contributed by atoms with Gasteiger partial charge < -0.3 is 9.47 Å². The number of hydrogen-bond donors (Lipinski definition) is 0. The molecule has 1 aliphatic heterocycles. The monoisotopic (exact) mass is 254 g/mol. The molecule has 1 aromatic carbocycles. The zero-order valence-corrected chi connectivity index (χ0v) is 11.9. The van der Waals surface area contributed by atoms with Gasteiger partial charge in [-0.3, -0.25) is 0 Å². The van der Waals surface area contributed by atoms with Crippen LogP contribution in [-0.2, 0) is 13.1 Å². The molecule has 19 heavy (non-hydrogen) atoms. The Hall–Kier alpha value is -1.70. The zero-order chi connectivity index (χ0) is 13.2.